The van der Waals surface area contributed by atoms with Crippen molar-refractivity contribution in [2.24, 2.45) is 0 Å². The maximum atomic E-state index is 12.5. The summed E-state index contributed by atoms with van der Waals surface area (Å²) in [5.74, 6) is 0.624. The number of methoxy groups -OCH3 is 1. The van der Waals surface area contributed by atoms with Crippen LogP contribution in [-0.2, 0) is 0 Å². The van der Waals surface area contributed by atoms with Gasteiger partial charge in [0.25, 0.3) is 5.91 Å². The van der Waals surface area contributed by atoms with Crippen LogP contribution in [0.1, 0.15) is 10.6 Å². The zero-order valence-electron chi connectivity index (χ0n) is 14.5. The fraction of sp³-hybridized carbons (Fsp3) is 0.0556. The first-order valence-corrected chi connectivity index (χ1v) is 8.47. The van der Waals surface area contributed by atoms with Crippen molar-refractivity contribution >= 4 is 23.2 Å². The van der Waals surface area contributed by atoms with Crippen molar-refractivity contribution in [3.63, 3.8) is 0 Å². The van der Waals surface area contributed by atoms with Gasteiger partial charge in [-0.2, -0.15) is 5.21 Å². The van der Waals surface area contributed by atoms with Gasteiger partial charge in [-0.3, -0.25) is 4.79 Å². The van der Waals surface area contributed by atoms with E-state index in [9.17, 15) is 4.79 Å². The van der Waals surface area contributed by atoms with Crippen molar-refractivity contribution in [3.8, 4) is 28.4 Å². The number of nitrogens with one attached hydrogen (secondary N) is 2. The number of hydrogen-bond donors (Lipinski definition) is 2. The number of aromatic nitrogens is 5. The highest BCUT2D eigenvalue weighted by molar-refractivity contribution is 6.33. The first-order chi connectivity index (χ1) is 13.6. The number of tetrazole rings is 1. The molecule has 0 bridgehead atoms. The highest BCUT2D eigenvalue weighted by Crippen LogP contribution is 2.31. The summed E-state index contributed by atoms with van der Waals surface area (Å²) in [5, 5.41) is 20.9. The fourth-order valence-corrected chi connectivity index (χ4v) is 2.76. The van der Waals surface area contributed by atoms with Gasteiger partial charge in [-0.25, -0.2) is 0 Å². The van der Waals surface area contributed by atoms with Crippen LogP contribution in [-0.4, -0.2) is 38.8 Å². The number of carbonyl (C=O) groups excluding carboxylic acids is 1. The molecule has 0 aliphatic carbocycles. The van der Waals surface area contributed by atoms with Crippen LogP contribution < -0.4 is 10.1 Å². The SMILES string of the molecule is COc1ccc(Cl)c(-c2cc(C(=O)Nc3cccc(-c4nn[nH]n4)c3)on2)c1. The number of benzene rings is 2. The Morgan fingerprint density at radius 1 is 1.21 bits per heavy atom. The maximum Gasteiger partial charge on any atom is 0.294 e. The smallest absolute Gasteiger partial charge is 0.294 e. The molecule has 2 aromatic carbocycles. The average molecular weight is 397 g/mol. The third-order valence-electron chi connectivity index (χ3n) is 3.91. The molecule has 9 nitrogen and oxygen atoms in total. The standard InChI is InChI=1S/C18H13ClN6O3/c1-27-12-5-6-14(19)13(8-12)15-9-16(28-23-15)18(26)20-11-4-2-3-10(7-11)17-21-24-25-22-17/h2-9H,1H3,(H,20,26)(H,21,22,24,25). The van der Waals surface area contributed by atoms with Crippen molar-refractivity contribution < 1.29 is 14.1 Å². The van der Waals surface area contributed by atoms with Crippen molar-refractivity contribution in [1.82, 2.24) is 25.8 Å². The minimum Gasteiger partial charge on any atom is -0.497 e. The number of aromatic amines is 1. The molecule has 0 saturated carbocycles. The third kappa shape index (κ3) is 3.55. The topological polar surface area (TPSA) is 119 Å². The zero-order chi connectivity index (χ0) is 19.5. The predicted molar refractivity (Wildman–Crippen MR) is 101 cm³/mol. The Balaban J connectivity index is 1.55. The van der Waals surface area contributed by atoms with Crippen molar-refractivity contribution in [2.75, 3.05) is 12.4 Å². The monoisotopic (exact) mass is 396 g/mol. The molecule has 0 radical (unpaired) electrons. The number of H-pyrrole nitrogens is 1. The first-order valence-electron chi connectivity index (χ1n) is 8.10. The van der Waals surface area contributed by atoms with Gasteiger partial charge in [-0.15, -0.1) is 10.2 Å². The maximum absolute atomic E-state index is 12.5. The number of halogens is 1. The van der Waals surface area contributed by atoms with Gasteiger partial charge in [0.2, 0.25) is 11.6 Å². The predicted octanol–water partition coefficient (Wildman–Crippen LogP) is 3.44. The number of ether oxygens (including phenoxy) is 1. The molecule has 4 rings (SSSR count). The molecule has 0 fully saturated rings. The Kier molecular flexibility index (Phi) is 4.73. The molecule has 0 atom stereocenters. The van der Waals surface area contributed by atoms with E-state index in [1.54, 1.807) is 49.6 Å². The summed E-state index contributed by atoms with van der Waals surface area (Å²) in [4.78, 5) is 12.5. The largest absolute Gasteiger partial charge is 0.497 e. The summed E-state index contributed by atoms with van der Waals surface area (Å²) in [7, 11) is 1.55. The number of amides is 1. The summed E-state index contributed by atoms with van der Waals surface area (Å²) in [5.41, 5.74) is 2.27. The highest BCUT2D eigenvalue weighted by atomic mass is 35.5. The Hall–Kier alpha value is -3.72. The van der Waals surface area contributed by atoms with Crippen LogP contribution in [0.5, 0.6) is 5.75 Å². The van der Waals surface area contributed by atoms with Crippen molar-refractivity contribution in [3.05, 3.63) is 59.3 Å². The van der Waals surface area contributed by atoms with E-state index in [0.717, 1.165) is 0 Å². The lowest BCUT2D eigenvalue weighted by molar-refractivity contribution is 0.0988. The Bertz CT molecular complexity index is 1130. The summed E-state index contributed by atoms with van der Waals surface area (Å²) in [6.07, 6.45) is 0. The van der Waals surface area contributed by atoms with E-state index in [4.69, 9.17) is 20.9 Å². The number of nitrogens with zero attached hydrogens (tertiary/aromatic N) is 4. The van der Waals surface area contributed by atoms with Crippen LogP contribution in [0.15, 0.2) is 53.1 Å². The lowest BCUT2D eigenvalue weighted by Gasteiger charge is -2.04. The minimum atomic E-state index is -0.456. The number of hydrogen-bond acceptors (Lipinski definition) is 7. The molecule has 2 heterocycles. The molecular weight excluding hydrogens is 384 g/mol. The van der Waals surface area contributed by atoms with Gasteiger partial charge in [-0.05, 0) is 35.5 Å². The fourth-order valence-electron chi connectivity index (χ4n) is 2.55. The molecule has 4 aromatic rings. The van der Waals surface area contributed by atoms with Gasteiger partial charge in [-0.1, -0.05) is 28.9 Å². The van der Waals surface area contributed by atoms with Crippen LogP contribution in [0, 0.1) is 0 Å². The van der Waals surface area contributed by atoms with E-state index in [1.807, 2.05) is 0 Å². The average Bonchev–Trinajstić information content (AvgIpc) is 3.41. The van der Waals surface area contributed by atoms with Crippen LogP contribution >= 0.6 is 11.6 Å². The normalized spacial score (nSPS) is 10.6. The molecule has 0 spiro atoms. The highest BCUT2D eigenvalue weighted by Gasteiger charge is 2.17. The molecule has 140 valence electrons. The zero-order valence-corrected chi connectivity index (χ0v) is 15.3. The van der Waals surface area contributed by atoms with Crippen molar-refractivity contribution in [1.29, 1.82) is 0 Å². The molecule has 0 unspecified atom stereocenters. The molecule has 0 aliphatic rings. The molecule has 0 aliphatic heterocycles. The second kappa shape index (κ2) is 7.49. The lowest BCUT2D eigenvalue weighted by atomic mass is 10.1. The number of carbonyl (C=O) groups is 1. The Morgan fingerprint density at radius 2 is 2.11 bits per heavy atom. The summed E-state index contributed by atoms with van der Waals surface area (Å²) in [6, 6.07) is 13.7. The Labute approximate surface area is 163 Å². The van der Waals surface area contributed by atoms with E-state index in [2.05, 4.69) is 31.1 Å². The summed E-state index contributed by atoms with van der Waals surface area (Å²) < 4.78 is 10.4. The summed E-state index contributed by atoms with van der Waals surface area (Å²) >= 11 is 6.22. The van der Waals surface area contributed by atoms with Gasteiger partial charge in [0.15, 0.2) is 0 Å². The quantitative estimate of drug-likeness (QED) is 0.530. The molecule has 10 heteroatoms. The number of anilines is 1. The van der Waals surface area contributed by atoms with Crippen molar-refractivity contribution in [2.45, 2.75) is 0 Å². The van der Waals surface area contributed by atoms with E-state index < -0.39 is 5.91 Å². The van der Waals surface area contributed by atoms with Gasteiger partial charge < -0.3 is 14.6 Å². The van der Waals surface area contributed by atoms with E-state index >= 15 is 0 Å². The third-order valence-corrected chi connectivity index (χ3v) is 4.24. The van der Waals surface area contributed by atoms with Crippen LogP contribution in [0.4, 0.5) is 5.69 Å². The van der Waals surface area contributed by atoms with Crippen LogP contribution in [0.25, 0.3) is 22.6 Å². The van der Waals surface area contributed by atoms with Gasteiger partial charge in [0.1, 0.15) is 11.4 Å². The molecular formula is C18H13ClN6O3. The van der Waals surface area contributed by atoms with Crippen LogP contribution in [0.3, 0.4) is 0 Å². The molecule has 2 N–H and O–H groups in total. The lowest BCUT2D eigenvalue weighted by Crippen LogP contribution is -2.10. The second-order valence-electron chi connectivity index (χ2n) is 5.69. The second-order valence-corrected chi connectivity index (χ2v) is 6.10. The van der Waals surface area contributed by atoms with Gasteiger partial charge in [0, 0.05) is 22.9 Å². The minimum absolute atomic E-state index is 0.0406. The van der Waals surface area contributed by atoms with E-state index in [1.165, 1.54) is 6.07 Å². The molecule has 28 heavy (non-hydrogen) atoms. The van der Waals surface area contributed by atoms with Gasteiger partial charge >= 0.3 is 0 Å². The van der Waals surface area contributed by atoms with Crippen LogP contribution in [0.2, 0.25) is 5.02 Å². The van der Waals surface area contributed by atoms with Gasteiger partial charge in [0.05, 0.1) is 12.1 Å². The molecule has 0 saturated heterocycles. The molecule has 1 amide bonds. The first kappa shape index (κ1) is 17.7. The van der Waals surface area contributed by atoms with E-state index in [0.29, 0.717) is 39.1 Å². The van der Waals surface area contributed by atoms with E-state index in [-0.39, 0.29) is 5.76 Å². The summed E-state index contributed by atoms with van der Waals surface area (Å²) in [6.45, 7) is 0. The Morgan fingerprint density at radius 3 is 2.89 bits per heavy atom. The number of rotatable bonds is 5. The molecule has 2 aromatic heterocycles.